The average Bonchev–Trinajstić information content (AvgIpc) is 2.85. The van der Waals surface area contributed by atoms with Crippen molar-refractivity contribution in [3.63, 3.8) is 0 Å². The van der Waals surface area contributed by atoms with E-state index in [0.29, 0.717) is 17.0 Å². The lowest BCUT2D eigenvalue weighted by atomic mass is 9.87. The molecule has 2 rings (SSSR count). The van der Waals surface area contributed by atoms with Gasteiger partial charge in [-0.25, -0.2) is 5.84 Å². The molecule has 6 heteroatoms. The largest absolute Gasteiger partial charge is 0.487 e. The zero-order valence-electron chi connectivity index (χ0n) is 13.4. The van der Waals surface area contributed by atoms with Gasteiger partial charge in [0.15, 0.2) is 0 Å². The van der Waals surface area contributed by atoms with Crippen LogP contribution in [0, 0.1) is 6.92 Å². The first-order valence-corrected chi connectivity index (χ1v) is 7.11. The number of benzene rings is 1. The lowest BCUT2D eigenvalue weighted by Gasteiger charge is -2.19. The first-order valence-electron chi connectivity index (χ1n) is 7.11. The number of amides is 1. The Morgan fingerprint density at radius 1 is 1.32 bits per heavy atom. The highest BCUT2D eigenvalue weighted by Gasteiger charge is 2.18. The summed E-state index contributed by atoms with van der Waals surface area (Å²) in [4.78, 5) is 11.7. The van der Waals surface area contributed by atoms with E-state index >= 15 is 0 Å². The van der Waals surface area contributed by atoms with Gasteiger partial charge in [-0.2, -0.15) is 5.10 Å². The van der Waals surface area contributed by atoms with E-state index in [2.05, 4.69) is 36.4 Å². The summed E-state index contributed by atoms with van der Waals surface area (Å²) in [7, 11) is 0. The third kappa shape index (κ3) is 3.46. The Bertz CT molecular complexity index is 654. The molecular weight excluding hydrogens is 280 g/mol. The number of nitrogens with one attached hydrogen (secondary N) is 2. The van der Waals surface area contributed by atoms with Crippen LogP contribution in [0.3, 0.4) is 0 Å². The molecule has 118 valence electrons. The van der Waals surface area contributed by atoms with Crippen molar-refractivity contribution >= 4 is 5.91 Å². The number of H-pyrrole nitrogens is 1. The lowest BCUT2D eigenvalue weighted by molar-refractivity contribution is 0.0950. The molecule has 0 fully saturated rings. The fourth-order valence-electron chi connectivity index (χ4n) is 2.16. The molecule has 0 bridgehead atoms. The molecule has 1 heterocycles. The van der Waals surface area contributed by atoms with Gasteiger partial charge in [-0.15, -0.1) is 0 Å². The summed E-state index contributed by atoms with van der Waals surface area (Å²) < 4.78 is 5.71. The highest BCUT2D eigenvalue weighted by Crippen LogP contribution is 2.24. The molecule has 4 N–H and O–H groups in total. The van der Waals surface area contributed by atoms with Crippen LogP contribution in [0.1, 0.15) is 48.1 Å². The van der Waals surface area contributed by atoms with Crippen molar-refractivity contribution in [3.05, 3.63) is 46.8 Å². The summed E-state index contributed by atoms with van der Waals surface area (Å²) in [5, 5.41) is 6.86. The zero-order chi connectivity index (χ0) is 16.3. The van der Waals surface area contributed by atoms with Crippen LogP contribution in [0.4, 0.5) is 0 Å². The molecule has 0 radical (unpaired) electrons. The number of nitrogen functional groups attached to an aromatic ring is 1. The average molecular weight is 302 g/mol. The van der Waals surface area contributed by atoms with E-state index in [9.17, 15) is 4.79 Å². The Balaban J connectivity index is 2.09. The summed E-state index contributed by atoms with van der Waals surface area (Å²) >= 11 is 0. The van der Waals surface area contributed by atoms with Crippen molar-refractivity contribution in [1.82, 2.24) is 15.6 Å². The van der Waals surface area contributed by atoms with Gasteiger partial charge in [-0.1, -0.05) is 32.9 Å². The standard InChI is InChI=1S/C16H22N4O2/c1-10-14(15(21)18-17)13(20-19-10)9-22-12-7-5-11(6-8-12)16(2,3)4/h5-8H,9,17H2,1-4H3,(H,18,21)(H,19,20). The highest BCUT2D eigenvalue weighted by molar-refractivity contribution is 5.95. The Hall–Kier alpha value is -2.34. The number of ether oxygens (including phenoxy) is 1. The number of hydrogen-bond acceptors (Lipinski definition) is 4. The van der Waals surface area contributed by atoms with Crippen LogP contribution < -0.4 is 16.0 Å². The second-order valence-electron chi connectivity index (χ2n) is 6.21. The molecule has 0 spiro atoms. The molecule has 0 aliphatic rings. The third-order valence-electron chi connectivity index (χ3n) is 3.48. The van der Waals surface area contributed by atoms with Gasteiger partial charge in [-0.3, -0.25) is 15.3 Å². The molecule has 1 amide bonds. The zero-order valence-corrected chi connectivity index (χ0v) is 13.4. The monoisotopic (exact) mass is 302 g/mol. The van der Waals surface area contributed by atoms with Crippen molar-refractivity contribution in [1.29, 1.82) is 0 Å². The SMILES string of the molecule is Cc1[nH]nc(COc2ccc(C(C)(C)C)cc2)c1C(=O)NN. The minimum Gasteiger partial charge on any atom is -0.487 e. The molecule has 0 saturated carbocycles. The smallest absolute Gasteiger partial charge is 0.269 e. The van der Waals surface area contributed by atoms with Gasteiger partial charge in [-0.05, 0) is 30.0 Å². The minimum atomic E-state index is -0.382. The fraction of sp³-hybridized carbons (Fsp3) is 0.375. The fourth-order valence-corrected chi connectivity index (χ4v) is 2.16. The van der Waals surface area contributed by atoms with Crippen molar-refractivity contribution in [2.45, 2.75) is 39.7 Å². The van der Waals surface area contributed by atoms with Gasteiger partial charge in [0.1, 0.15) is 18.1 Å². The first kappa shape index (κ1) is 16.0. The summed E-state index contributed by atoms with van der Waals surface area (Å²) in [6.45, 7) is 8.44. The molecule has 2 aromatic rings. The van der Waals surface area contributed by atoms with Crippen molar-refractivity contribution in [2.75, 3.05) is 0 Å². The maximum absolute atomic E-state index is 11.7. The van der Waals surface area contributed by atoms with Crippen LogP contribution in [0.5, 0.6) is 5.75 Å². The maximum atomic E-state index is 11.7. The number of aryl methyl sites for hydroxylation is 1. The predicted molar refractivity (Wildman–Crippen MR) is 84.5 cm³/mol. The van der Waals surface area contributed by atoms with Crippen molar-refractivity contribution in [2.24, 2.45) is 5.84 Å². The van der Waals surface area contributed by atoms with Gasteiger partial charge in [0, 0.05) is 5.69 Å². The number of rotatable bonds is 4. The van der Waals surface area contributed by atoms with Crippen LogP contribution >= 0.6 is 0 Å². The van der Waals surface area contributed by atoms with Crippen LogP contribution in [0.2, 0.25) is 0 Å². The number of nitrogens with two attached hydrogens (primary N) is 1. The number of carbonyl (C=O) groups is 1. The van der Waals surface area contributed by atoms with E-state index in [1.807, 2.05) is 24.3 Å². The van der Waals surface area contributed by atoms with Crippen LogP contribution in [-0.4, -0.2) is 16.1 Å². The first-order chi connectivity index (χ1) is 10.3. The van der Waals surface area contributed by atoms with E-state index in [-0.39, 0.29) is 17.9 Å². The third-order valence-corrected chi connectivity index (χ3v) is 3.48. The topological polar surface area (TPSA) is 93.0 Å². The summed E-state index contributed by atoms with van der Waals surface area (Å²) in [5.41, 5.74) is 5.06. The number of nitrogens with zero attached hydrogens (tertiary/aromatic N) is 1. The Morgan fingerprint density at radius 2 is 1.95 bits per heavy atom. The Labute approximate surface area is 130 Å². The second kappa shape index (κ2) is 6.19. The maximum Gasteiger partial charge on any atom is 0.269 e. The van der Waals surface area contributed by atoms with E-state index in [4.69, 9.17) is 10.6 Å². The molecule has 0 aliphatic heterocycles. The number of hydrazine groups is 1. The van der Waals surface area contributed by atoms with Crippen LogP contribution in [-0.2, 0) is 12.0 Å². The summed E-state index contributed by atoms with van der Waals surface area (Å²) in [6, 6.07) is 7.92. The Kier molecular flexibility index (Phi) is 4.51. The van der Waals surface area contributed by atoms with E-state index < -0.39 is 0 Å². The highest BCUT2D eigenvalue weighted by atomic mass is 16.5. The molecule has 0 unspecified atom stereocenters. The lowest BCUT2D eigenvalue weighted by Crippen LogP contribution is -2.31. The minimum absolute atomic E-state index is 0.101. The van der Waals surface area contributed by atoms with Crippen LogP contribution in [0.15, 0.2) is 24.3 Å². The van der Waals surface area contributed by atoms with Gasteiger partial charge in [0.25, 0.3) is 5.91 Å². The van der Waals surface area contributed by atoms with E-state index in [1.54, 1.807) is 6.92 Å². The van der Waals surface area contributed by atoms with Crippen molar-refractivity contribution < 1.29 is 9.53 Å². The molecule has 1 aromatic heterocycles. The van der Waals surface area contributed by atoms with Gasteiger partial charge in [0.2, 0.25) is 0 Å². The normalized spacial score (nSPS) is 11.3. The molecular formula is C16H22N4O2. The number of aromatic amines is 1. The predicted octanol–water partition coefficient (Wildman–Crippen LogP) is 2.20. The molecule has 6 nitrogen and oxygen atoms in total. The molecule has 22 heavy (non-hydrogen) atoms. The molecule has 0 aliphatic carbocycles. The van der Waals surface area contributed by atoms with E-state index in [0.717, 1.165) is 5.75 Å². The summed E-state index contributed by atoms with van der Waals surface area (Å²) in [6.07, 6.45) is 0. The van der Waals surface area contributed by atoms with E-state index in [1.165, 1.54) is 5.56 Å². The number of carbonyl (C=O) groups excluding carboxylic acids is 1. The van der Waals surface area contributed by atoms with Crippen LogP contribution in [0.25, 0.3) is 0 Å². The number of aromatic nitrogens is 2. The Morgan fingerprint density at radius 3 is 2.50 bits per heavy atom. The molecule has 1 aromatic carbocycles. The number of hydrogen-bond donors (Lipinski definition) is 3. The molecule has 0 saturated heterocycles. The van der Waals surface area contributed by atoms with Gasteiger partial charge < -0.3 is 4.74 Å². The second-order valence-corrected chi connectivity index (χ2v) is 6.21. The quantitative estimate of drug-likeness (QED) is 0.458. The summed E-state index contributed by atoms with van der Waals surface area (Å²) in [5.74, 6) is 5.53. The van der Waals surface area contributed by atoms with Gasteiger partial charge in [0.05, 0.1) is 5.56 Å². The molecule has 0 atom stereocenters. The van der Waals surface area contributed by atoms with Gasteiger partial charge >= 0.3 is 0 Å². The van der Waals surface area contributed by atoms with Crippen molar-refractivity contribution in [3.8, 4) is 5.75 Å².